The monoisotopic (exact) mass is 534 g/mol. The minimum absolute atomic E-state index is 0.214. The third-order valence-corrected chi connectivity index (χ3v) is 5.80. The van der Waals surface area contributed by atoms with Gasteiger partial charge in [0.15, 0.2) is 6.29 Å². The highest BCUT2D eigenvalue weighted by Crippen LogP contribution is 2.32. The summed E-state index contributed by atoms with van der Waals surface area (Å²) in [6.07, 6.45) is 3.51. The predicted molar refractivity (Wildman–Crippen MR) is 129 cm³/mol. The van der Waals surface area contributed by atoms with Crippen molar-refractivity contribution in [2.45, 2.75) is 12.7 Å². The molecule has 2 aromatic carbocycles. The minimum Gasteiger partial charge on any atom is -0.488 e. The first kappa shape index (κ1) is 22.6. The van der Waals surface area contributed by atoms with Crippen LogP contribution in [0.4, 0.5) is 15.9 Å². The number of ketones is 1. The maximum atomic E-state index is 13.4. The van der Waals surface area contributed by atoms with E-state index in [1.54, 1.807) is 30.5 Å². The second-order valence-corrected chi connectivity index (χ2v) is 8.44. The number of nitrogens with zero attached hydrogens (tertiary/aromatic N) is 3. The molecule has 1 atom stereocenters. The number of aldehydes is 1. The average Bonchev–Trinajstić information content (AvgIpc) is 3.24. The lowest BCUT2D eigenvalue weighted by atomic mass is 10.2. The van der Waals surface area contributed by atoms with Crippen molar-refractivity contribution in [3.8, 4) is 5.75 Å². The van der Waals surface area contributed by atoms with Crippen molar-refractivity contribution in [3.63, 3.8) is 0 Å². The Bertz CT molecular complexity index is 1490. The van der Waals surface area contributed by atoms with Gasteiger partial charge in [0.05, 0.1) is 16.2 Å². The quantitative estimate of drug-likeness (QED) is 0.267. The van der Waals surface area contributed by atoms with E-state index >= 15 is 0 Å². The van der Waals surface area contributed by atoms with Crippen molar-refractivity contribution in [2.75, 3.05) is 5.32 Å². The number of rotatable bonds is 7. The fourth-order valence-corrected chi connectivity index (χ4v) is 3.98. The number of nitrogens with one attached hydrogen (secondary N) is 1. The number of hydrogen-bond acceptors (Lipinski definition) is 8. The van der Waals surface area contributed by atoms with E-state index in [1.165, 1.54) is 24.5 Å². The van der Waals surface area contributed by atoms with Gasteiger partial charge in [-0.05, 0) is 57.9 Å². The van der Waals surface area contributed by atoms with Gasteiger partial charge in [-0.3, -0.25) is 14.6 Å². The van der Waals surface area contributed by atoms with Crippen molar-refractivity contribution in [1.82, 2.24) is 15.0 Å². The molecular formula is C25H16BrFN4O4. The van der Waals surface area contributed by atoms with Gasteiger partial charge in [-0.2, -0.15) is 0 Å². The SMILES string of the molecule is O=CC1OC(c2cc3c(Nc4ccc(OCc5cccc(F)c5)c(Br)c4)ncnc3cn2)=CC1=O. The Hall–Kier alpha value is -4.18. The van der Waals surface area contributed by atoms with Crippen LogP contribution in [0.2, 0.25) is 0 Å². The van der Waals surface area contributed by atoms with E-state index in [2.05, 4.69) is 36.2 Å². The Morgan fingerprint density at radius 1 is 1.14 bits per heavy atom. The highest BCUT2D eigenvalue weighted by Gasteiger charge is 2.28. The molecule has 1 unspecified atom stereocenters. The largest absolute Gasteiger partial charge is 0.488 e. The third kappa shape index (κ3) is 4.87. The Labute approximate surface area is 207 Å². The number of carbonyl (C=O) groups is 2. The van der Waals surface area contributed by atoms with Crippen LogP contribution >= 0.6 is 15.9 Å². The van der Waals surface area contributed by atoms with Crippen molar-refractivity contribution < 1.29 is 23.5 Å². The summed E-state index contributed by atoms with van der Waals surface area (Å²) in [5.74, 6) is 0.580. The van der Waals surface area contributed by atoms with Gasteiger partial charge in [0, 0.05) is 17.1 Å². The minimum atomic E-state index is -1.15. The number of pyridine rings is 1. The van der Waals surface area contributed by atoms with Crippen LogP contribution in [0.3, 0.4) is 0 Å². The summed E-state index contributed by atoms with van der Waals surface area (Å²) in [6, 6.07) is 13.4. The molecule has 35 heavy (non-hydrogen) atoms. The highest BCUT2D eigenvalue weighted by atomic mass is 79.9. The van der Waals surface area contributed by atoms with Crippen LogP contribution in [-0.4, -0.2) is 33.1 Å². The molecule has 0 amide bonds. The first-order chi connectivity index (χ1) is 17.0. The van der Waals surface area contributed by atoms with Crippen LogP contribution in [0, 0.1) is 5.82 Å². The Morgan fingerprint density at radius 3 is 2.80 bits per heavy atom. The van der Waals surface area contributed by atoms with Crippen molar-refractivity contribution in [1.29, 1.82) is 0 Å². The molecule has 0 aliphatic carbocycles. The standard InChI is InChI=1S/C25H16BrFN4O4/c26-18-7-16(4-5-22(18)34-12-14-2-1-3-15(27)6-14)31-25-17-8-19(28-10-20(17)29-13-30-25)23-9-21(33)24(11-32)35-23/h1-11,13,24H,12H2,(H,29,30,31). The molecule has 2 aromatic heterocycles. The van der Waals surface area contributed by atoms with E-state index in [9.17, 15) is 14.0 Å². The summed E-state index contributed by atoms with van der Waals surface area (Å²) >= 11 is 3.51. The van der Waals surface area contributed by atoms with Gasteiger partial charge in [0.1, 0.15) is 41.8 Å². The summed E-state index contributed by atoms with van der Waals surface area (Å²) in [4.78, 5) is 35.7. The normalized spacial score (nSPS) is 15.0. The van der Waals surface area contributed by atoms with Gasteiger partial charge < -0.3 is 14.8 Å². The molecule has 0 saturated carbocycles. The molecule has 10 heteroatoms. The first-order valence-electron chi connectivity index (χ1n) is 10.4. The molecule has 0 spiro atoms. The van der Waals surface area contributed by atoms with Crippen molar-refractivity contribution in [2.24, 2.45) is 0 Å². The second kappa shape index (κ2) is 9.59. The summed E-state index contributed by atoms with van der Waals surface area (Å²) < 4.78 is 25.3. The Balaban J connectivity index is 1.37. The summed E-state index contributed by atoms with van der Waals surface area (Å²) in [5.41, 5.74) is 2.41. The number of halogens is 2. The third-order valence-electron chi connectivity index (χ3n) is 5.18. The molecule has 1 N–H and O–H groups in total. The van der Waals surface area contributed by atoms with Gasteiger partial charge in [0.25, 0.3) is 0 Å². The van der Waals surface area contributed by atoms with E-state index < -0.39 is 11.9 Å². The van der Waals surface area contributed by atoms with Gasteiger partial charge in [-0.15, -0.1) is 0 Å². The number of fused-ring (bicyclic) bond motifs is 1. The number of anilines is 2. The van der Waals surface area contributed by atoms with Crippen LogP contribution in [0.15, 0.2) is 71.6 Å². The number of benzene rings is 2. The molecule has 0 fully saturated rings. The van der Waals surface area contributed by atoms with Gasteiger partial charge in [-0.1, -0.05) is 12.1 Å². The fourth-order valence-electron chi connectivity index (χ4n) is 3.48. The fraction of sp³-hybridized carbons (Fsp3) is 0.0800. The van der Waals surface area contributed by atoms with Gasteiger partial charge in [0.2, 0.25) is 11.9 Å². The molecule has 0 radical (unpaired) electrons. The lowest BCUT2D eigenvalue weighted by Crippen LogP contribution is -2.17. The molecule has 5 rings (SSSR count). The van der Waals surface area contributed by atoms with E-state index in [4.69, 9.17) is 9.47 Å². The van der Waals surface area contributed by atoms with E-state index in [0.29, 0.717) is 38.9 Å². The zero-order valence-corrected chi connectivity index (χ0v) is 19.5. The smallest absolute Gasteiger partial charge is 0.215 e. The first-order valence-corrected chi connectivity index (χ1v) is 11.2. The number of aromatic nitrogens is 3. The van der Waals surface area contributed by atoms with E-state index in [0.717, 1.165) is 11.3 Å². The molecule has 4 aromatic rings. The summed E-state index contributed by atoms with van der Waals surface area (Å²) in [7, 11) is 0. The molecule has 0 bridgehead atoms. The Kier molecular flexibility index (Phi) is 6.19. The molecule has 174 valence electrons. The highest BCUT2D eigenvalue weighted by molar-refractivity contribution is 9.10. The van der Waals surface area contributed by atoms with Crippen molar-refractivity contribution in [3.05, 3.63) is 88.7 Å². The molecule has 1 aliphatic rings. The maximum absolute atomic E-state index is 13.4. The van der Waals surface area contributed by atoms with Crippen LogP contribution in [0.5, 0.6) is 5.75 Å². The number of hydrogen-bond donors (Lipinski definition) is 1. The molecule has 0 saturated heterocycles. The van der Waals surface area contributed by atoms with Crippen LogP contribution in [-0.2, 0) is 20.9 Å². The zero-order chi connectivity index (χ0) is 24.4. The maximum Gasteiger partial charge on any atom is 0.215 e. The Morgan fingerprint density at radius 2 is 2.03 bits per heavy atom. The van der Waals surface area contributed by atoms with Crippen LogP contribution < -0.4 is 10.1 Å². The van der Waals surface area contributed by atoms with Gasteiger partial charge >= 0.3 is 0 Å². The summed E-state index contributed by atoms with van der Waals surface area (Å²) in [6.45, 7) is 0.223. The predicted octanol–water partition coefficient (Wildman–Crippen LogP) is 4.76. The average molecular weight is 535 g/mol. The molecular weight excluding hydrogens is 519 g/mol. The molecule has 8 nitrogen and oxygen atoms in total. The molecule has 3 heterocycles. The van der Waals surface area contributed by atoms with Crippen molar-refractivity contribution >= 4 is 56.2 Å². The summed E-state index contributed by atoms with van der Waals surface area (Å²) in [5, 5.41) is 3.89. The van der Waals surface area contributed by atoms with Crippen LogP contribution in [0.1, 0.15) is 11.3 Å². The molecule has 1 aliphatic heterocycles. The number of ether oxygens (including phenoxy) is 2. The van der Waals surface area contributed by atoms with E-state index in [1.807, 2.05) is 12.1 Å². The van der Waals surface area contributed by atoms with Crippen LogP contribution in [0.25, 0.3) is 16.7 Å². The topological polar surface area (TPSA) is 103 Å². The lowest BCUT2D eigenvalue weighted by Gasteiger charge is -2.12. The van der Waals surface area contributed by atoms with E-state index in [-0.39, 0.29) is 18.2 Å². The second-order valence-electron chi connectivity index (χ2n) is 7.58. The zero-order valence-electron chi connectivity index (χ0n) is 17.9. The lowest BCUT2D eigenvalue weighted by molar-refractivity contribution is -0.126. The number of carbonyl (C=O) groups excluding carboxylic acids is 2. The van der Waals surface area contributed by atoms with Gasteiger partial charge in [-0.25, -0.2) is 14.4 Å².